The summed E-state index contributed by atoms with van der Waals surface area (Å²) in [6, 6.07) is 1.46. The molecule has 0 radical (unpaired) electrons. The summed E-state index contributed by atoms with van der Waals surface area (Å²) in [6.45, 7) is 7.58. The molecule has 17 heavy (non-hydrogen) atoms. The first kappa shape index (κ1) is 11.9. The van der Waals surface area contributed by atoms with Gasteiger partial charge >= 0.3 is 0 Å². The molecule has 98 valence electrons. The second-order valence-corrected chi connectivity index (χ2v) is 6.11. The minimum Gasteiger partial charge on any atom is -0.379 e. The average molecular weight is 238 g/mol. The van der Waals surface area contributed by atoms with Crippen LogP contribution in [0.5, 0.6) is 0 Å². The van der Waals surface area contributed by atoms with Crippen LogP contribution in [0.25, 0.3) is 0 Å². The molecule has 3 rings (SSSR count). The summed E-state index contributed by atoms with van der Waals surface area (Å²) in [5.41, 5.74) is 0. The first-order chi connectivity index (χ1) is 8.34. The van der Waals surface area contributed by atoms with Gasteiger partial charge in [0.05, 0.1) is 13.2 Å². The second kappa shape index (κ2) is 5.25. The molecule has 0 spiro atoms. The van der Waals surface area contributed by atoms with Gasteiger partial charge in [0, 0.05) is 31.7 Å². The molecule has 3 aliphatic rings. The van der Waals surface area contributed by atoms with Crippen molar-refractivity contribution in [3.63, 3.8) is 0 Å². The number of nitrogens with zero attached hydrogens (tertiary/aromatic N) is 1. The van der Waals surface area contributed by atoms with Crippen molar-refractivity contribution >= 4 is 0 Å². The maximum Gasteiger partial charge on any atom is 0.0619 e. The summed E-state index contributed by atoms with van der Waals surface area (Å²) < 4.78 is 5.47. The Morgan fingerprint density at radius 2 is 1.94 bits per heavy atom. The van der Waals surface area contributed by atoms with Gasteiger partial charge < -0.3 is 10.1 Å². The van der Waals surface area contributed by atoms with Gasteiger partial charge in [-0.15, -0.1) is 0 Å². The molecule has 1 N–H and O–H groups in total. The van der Waals surface area contributed by atoms with Crippen LogP contribution in [0.1, 0.15) is 32.6 Å². The summed E-state index contributed by atoms with van der Waals surface area (Å²) in [7, 11) is 0. The number of ether oxygens (including phenoxy) is 1. The van der Waals surface area contributed by atoms with Crippen LogP contribution in [0.2, 0.25) is 0 Å². The second-order valence-electron chi connectivity index (χ2n) is 6.11. The molecule has 0 bridgehead atoms. The minimum absolute atomic E-state index is 0.603. The summed E-state index contributed by atoms with van der Waals surface area (Å²) in [6.07, 6.45) is 5.90. The van der Waals surface area contributed by atoms with Crippen LogP contribution in [0.15, 0.2) is 0 Å². The van der Waals surface area contributed by atoms with Crippen LogP contribution in [0.3, 0.4) is 0 Å². The van der Waals surface area contributed by atoms with E-state index in [4.69, 9.17) is 4.74 Å². The minimum atomic E-state index is 0.603. The van der Waals surface area contributed by atoms with Crippen molar-refractivity contribution in [1.82, 2.24) is 10.2 Å². The number of hydrogen-bond acceptors (Lipinski definition) is 3. The monoisotopic (exact) mass is 238 g/mol. The molecule has 0 amide bonds. The van der Waals surface area contributed by atoms with Crippen molar-refractivity contribution in [2.75, 3.05) is 32.8 Å². The molecule has 3 heteroatoms. The van der Waals surface area contributed by atoms with Crippen molar-refractivity contribution in [1.29, 1.82) is 0 Å². The predicted molar refractivity (Wildman–Crippen MR) is 69.1 cm³/mol. The van der Waals surface area contributed by atoms with Gasteiger partial charge in [0.2, 0.25) is 0 Å². The van der Waals surface area contributed by atoms with Gasteiger partial charge in [-0.2, -0.15) is 0 Å². The summed E-state index contributed by atoms with van der Waals surface area (Å²) in [5.74, 6) is 2.04. The quantitative estimate of drug-likeness (QED) is 0.759. The van der Waals surface area contributed by atoms with Gasteiger partial charge in [0.15, 0.2) is 0 Å². The van der Waals surface area contributed by atoms with Crippen molar-refractivity contribution < 1.29 is 4.74 Å². The van der Waals surface area contributed by atoms with E-state index in [2.05, 4.69) is 17.1 Å². The van der Waals surface area contributed by atoms with E-state index in [1.54, 1.807) is 0 Å². The number of rotatable bonds is 6. The van der Waals surface area contributed by atoms with E-state index < -0.39 is 0 Å². The van der Waals surface area contributed by atoms with Crippen LogP contribution in [0.4, 0.5) is 0 Å². The van der Waals surface area contributed by atoms with Crippen molar-refractivity contribution in [3.05, 3.63) is 0 Å². The molecule has 2 aliphatic carbocycles. The van der Waals surface area contributed by atoms with Gasteiger partial charge in [-0.3, -0.25) is 4.90 Å². The van der Waals surface area contributed by atoms with Gasteiger partial charge in [0.1, 0.15) is 0 Å². The van der Waals surface area contributed by atoms with Crippen LogP contribution < -0.4 is 5.32 Å². The van der Waals surface area contributed by atoms with Crippen LogP contribution in [-0.4, -0.2) is 49.8 Å². The smallest absolute Gasteiger partial charge is 0.0619 e. The van der Waals surface area contributed by atoms with E-state index in [1.165, 1.54) is 38.8 Å². The summed E-state index contributed by atoms with van der Waals surface area (Å²) in [5, 5.41) is 3.83. The third kappa shape index (κ3) is 3.21. The SMILES string of the molecule is CC1COCCN1CCNC(C1CC1)C1CC1. The molecule has 2 saturated carbocycles. The molecule has 1 unspecified atom stereocenters. The molecule has 0 aromatic carbocycles. The molecule has 1 heterocycles. The van der Waals surface area contributed by atoms with Crippen LogP contribution in [-0.2, 0) is 4.74 Å². The normalized spacial score (nSPS) is 31.1. The standard InChI is InChI=1S/C14H26N2O/c1-11-10-17-9-8-16(11)7-6-15-14(12-2-3-12)13-4-5-13/h11-15H,2-10H2,1H3. The number of hydrogen-bond donors (Lipinski definition) is 1. The molecule has 0 aromatic heterocycles. The number of morpholine rings is 1. The maximum absolute atomic E-state index is 5.47. The lowest BCUT2D eigenvalue weighted by molar-refractivity contribution is 0.0000141. The zero-order chi connectivity index (χ0) is 11.7. The van der Waals surface area contributed by atoms with Gasteiger partial charge in [-0.05, 0) is 44.4 Å². The zero-order valence-electron chi connectivity index (χ0n) is 11.0. The van der Waals surface area contributed by atoms with E-state index in [0.717, 1.165) is 37.6 Å². The molecule has 0 aromatic rings. The van der Waals surface area contributed by atoms with E-state index >= 15 is 0 Å². The van der Waals surface area contributed by atoms with Gasteiger partial charge in [0.25, 0.3) is 0 Å². The average Bonchev–Trinajstić information content (AvgIpc) is 3.18. The van der Waals surface area contributed by atoms with E-state index in [0.29, 0.717) is 6.04 Å². The lowest BCUT2D eigenvalue weighted by Crippen LogP contribution is -2.47. The van der Waals surface area contributed by atoms with E-state index in [-0.39, 0.29) is 0 Å². The van der Waals surface area contributed by atoms with Crippen molar-refractivity contribution in [3.8, 4) is 0 Å². The molecule has 3 fully saturated rings. The molecule has 3 nitrogen and oxygen atoms in total. The molecule has 1 saturated heterocycles. The van der Waals surface area contributed by atoms with Gasteiger partial charge in [-0.25, -0.2) is 0 Å². The Morgan fingerprint density at radius 3 is 2.53 bits per heavy atom. The Bertz CT molecular complexity index is 239. The molecular weight excluding hydrogens is 212 g/mol. The Labute approximate surface area is 105 Å². The highest BCUT2D eigenvalue weighted by Crippen LogP contribution is 2.44. The highest BCUT2D eigenvalue weighted by Gasteiger charge is 2.40. The molecular formula is C14H26N2O. The highest BCUT2D eigenvalue weighted by atomic mass is 16.5. The first-order valence-electron chi connectivity index (χ1n) is 7.40. The predicted octanol–water partition coefficient (Wildman–Crippen LogP) is 1.49. The zero-order valence-corrected chi connectivity index (χ0v) is 11.0. The lowest BCUT2D eigenvalue weighted by atomic mass is 10.1. The third-order valence-electron chi connectivity index (χ3n) is 4.54. The lowest BCUT2D eigenvalue weighted by Gasteiger charge is -2.33. The first-order valence-corrected chi connectivity index (χ1v) is 7.40. The highest BCUT2D eigenvalue weighted by molar-refractivity contribution is 4.96. The van der Waals surface area contributed by atoms with Crippen LogP contribution >= 0.6 is 0 Å². The summed E-state index contributed by atoms with van der Waals surface area (Å²) >= 11 is 0. The Kier molecular flexibility index (Phi) is 3.69. The van der Waals surface area contributed by atoms with E-state index in [1.807, 2.05) is 0 Å². The topological polar surface area (TPSA) is 24.5 Å². The number of nitrogens with one attached hydrogen (secondary N) is 1. The van der Waals surface area contributed by atoms with Crippen LogP contribution in [0, 0.1) is 11.8 Å². The molecule has 1 atom stereocenters. The third-order valence-corrected chi connectivity index (χ3v) is 4.54. The fraction of sp³-hybridized carbons (Fsp3) is 1.00. The summed E-state index contributed by atoms with van der Waals surface area (Å²) in [4.78, 5) is 2.56. The van der Waals surface area contributed by atoms with Gasteiger partial charge in [-0.1, -0.05) is 0 Å². The maximum atomic E-state index is 5.47. The largest absolute Gasteiger partial charge is 0.379 e. The van der Waals surface area contributed by atoms with Crippen molar-refractivity contribution in [2.24, 2.45) is 11.8 Å². The van der Waals surface area contributed by atoms with Crippen molar-refractivity contribution in [2.45, 2.75) is 44.7 Å². The molecule has 1 aliphatic heterocycles. The Hall–Kier alpha value is -0.120. The van der Waals surface area contributed by atoms with E-state index in [9.17, 15) is 0 Å². The fourth-order valence-electron chi connectivity index (χ4n) is 3.10. The fourth-order valence-corrected chi connectivity index (χ4v) is 3.10. The Balaban J connectivity index is 1.38. The Morgan fingerprint density at radius 1 is 1.24 bits per heavy atom.